The van der Waals surface area contributed by atoms with E-state index in [1.165, 1.54) is 18.6 Å². The van der Waals surface area contributed by atoms with Crippen LogP contribution < -0.4 is 4.74 Å². The topological polar surface area (TPSA) is 22.4 Å². The third kappa shape index (κ3) is 2.18. The Morgan fingerprint density at radius 2 is 1.93 bits per heavy atom. The van der Waals surface area contributed by atoms with E-state index >= 15 is 0 Å². The first-order valence-corrected chi connectivity index (χ1v) is 4.25. The minimum atomic E-state index is -4.72. The van der Waals surface area contributed by atoms with E-state index < -0.39 is 6.36 Å². The van der Waals surface area contributed by atoms with Crippen molar-refractivity contribution < 1.29 is 22.3 Å². The van der Waals surface area contributed by atoms with Crippen molar-refractivity contribution in [2.45, 2.75) is 6.36 Å². The van der Waals surface area contributed by atoms with Crippen molar-refractivity contribution in [2.75, 3.05) is 0 Å². The fraction of sp³-hybridized carbons (Fsp3) is 0.111. The van der Waals surface area contributed by atoms with Gasteiger partial charge in [0.05, 0.1) is 17.5 Å². The van der Waals surface area contributed by atoms with Crippen molar-refractivity contribution in [3.63, 3.8) is 0 Å². The summed E-state index contributed by atoms with van der Waals surface area (Å²) in [6.45, 7) is 0. The maximum absolute atomic E-state index is 11.9. The van der Waals surface area contributed by atoms with Gasteiger partial charge in [0.25, 0.3) is 0 Å². The molecule has 1 aromatic heterocycles. The van der Waals surface area contributed by atoms with Gasteiger partial charge in [-0.1, -0.05) is 11.6 Å². The number of hydrogen-bond donors (Lipinski definition) is 0. The van der Waals surface area contributed by atoms with E-state index in [2.05, 4.69) is 4.74 Å². The Kier molecular flexibility index (Phi) is 2.26. The van der Waals surface area contributed by atoms with Crippen LogP contribution in [0.25, 0.3) is 10.8 Å². The van der Waals surface area contributed by atoms with Crippen LogP contribution in [0.3, 0.4) is 0 Å². The minimum Gasteiger partial charge on any atom is -0.471 e. The van der Waals surface area contributed by atoms with Crippen LogP contribution in [0.1, 0.15) is 0 Å². The summed E-state index contributed by atoms with van der Waals surface area (Å²) in [5.74, 6) is -0.360. The van der Waals surface area contributed by atoms with Crippen LogP contribution >= 0.6 is 11.6 Å². The first kappa shape index (κ1) is 10.2. The predicted octanol–water partition coefficient (Wildman–Crippen LogP) is 3.98. The summed E-state index contributed by atoms with van der Waals surface area (Å²) in [5, 5.41) is 1.16. The Hall–Kier alpha value is -1.36. The lowest BCUT2D eigenvalue weighted by Gasteiger charge is -2.08. The molecule has 1 heterocycles. The summed E-state index contributed by atoms with van der Waals surface area (Å²) < 4.78 is 44.3. The molecule has 15 heavy (non-hydrogen) atoms. The SMILES string of the molecule is FC(F)(F)Oc1cc(Cl)c2cocc2c1. The number of halogens is 4. The van der Waals surface area contributed by atoms with Gasteiger partial charge in [-0.15, -0.1) is 13.2 Å². The highest BCUT2D eigenvalue weighted by Gasteiger charge is 2.31. The maximum atomic E-state index is 11.9. The molecule has 0 saturated heterocycles. The summed E-state index contributed by atoms with van der Waals surface area (Å²) in [5.41, 5.74) is 0. The van der Waals surface area contributed by atoms with E-state index in [9.17, 15) is 13.2 Å². The van der Waals surface area contributed by atoms with Crippen molar-refractivity contribution in [3.05, 3.63) is 29.7 Å². The molecule has 0 radical (unpaired) electrons. The largest absolute Gasteiger partial charge is 0.573 e. The van der Waals surface area contributed by atoms with Crippen LogP contribution in [0.15, 0.2) is 29.1 Å². The number of fused-ring (bicyclic) bond motifs is 1. The third-order valence-corrected chi connectivity index (χ3v) is 2.06. The van der Waals surface area contributed by atoms with Gasteiger partial charge in [-0.3, -0.25) is 0 Å². The zero-order valence-electron chi connectivity index (χ0n) is 7.14. The number of ether oxygens (including phenoxy) is 1. The molecular weight excluding hydrogens is 233 g/mol. The standard InChI is InChI=1S/C9H4ClF3O2/c10-8-2-6(15-9(11,12)13)1-5-3-14-4-7(5)8/h1-4H. The number of furan rings is 1. The fourth-order valence-electron chi connectivity index (χ4n) is 1.20. The highest BCUT2D eigenvalue weighted by atomic mass is 35.5. The first-order chi connectivity index (χ1) is 6.96. The van der Waals surface area contributed by atoms with Crippen molar-refractivity contribution in [1.29, 1.82) is 0 Å². The second-order valence-electron chi connectivity index (χ2n) is 2.83. The molecule has 0 saturated carbocycles. The molecule has 0 amide bonds. The molecule has 80 valence electrons. The second kappa shape index (κ2) is 3.34. The Morgan fingerprint density at radius 3 is 2.60 bits per heavy atom. The number of rotatable bonds is 1. The van der Waals surface area contributed by atoms with Crippen LogP contribution in [-0.2, 0) is 0 Å². The lowest BCUT2D eigenvalue weighted by Crippen LogP contribution is -2.17. The molecule has 0 aliphatic carbocycles. The van der Waals surface area contributed by atoms with Gasteiger partial charge in [0.2, 0.25) is 0 Å². The van der Waals surface area contributed by atoms with Crippen LogP contribution in [0.2, 0.25) is 5.02 Å². The van der Waals surface area contributed by atoms with Gasteiger partial charge in [0.15, 0.2) is 0 Å². The lowest BCUT2D eigenvalue weighted by atomic mass is 10.2. The molecule has 0 bridgehead atoms. The van der Waals surface area contributed by atoms with E-state index in [1.54, 1.807) is 0 Å². The van der Waals surface area contributed by atoms with Gasteiger partial charge in [-0.05, 0) is 12.1 Å². The lowest BCUT2D eigenvalue weighted by molar-refractivity contribution is -0.274. The molecular formula is C9H4ClF3O2. The van der Waals surface area contributed by atoms with Crippen molar-refractivity contribution in [1.82, 2.24) is 0 Å². The molecule has 2 nitrogen and oxygen atoms in total. The summed E-state index contributed by atoms with van der Waals surface area (Å²) in [4.78, 5) is 0. The quantitative estimate of drug-likeness (QED) is 0.747. The van der Waals surface area contributed by atoms with Crippen molar-refractivity contribution in [3.8, 4) is 5.75 Å². The van der Waals surface area contributed by atoms with Crippen molar-refractivity contribution in [2.24, 2.45) is 0 Å². The van der Waals surface area contributed by atoms with E-state index in [4.69, 9.17) is 16.0 Å². The molecule has 0 fully saturated rings. The Bertz CT molecular complexity index is 490. The molecule has 0 atom stereocenters. The van der Waals surface area contributed by atoms with Crippen LogP contribution in [0.4, 0.5) is 13.2 Å². The molecule has 0 spiro atoms. The molecule has 0 N–H and O–H groups in total. The van der Waals surface area contributed by atoms with Gasteiger partial charge in [0, 0.05) is 10.8 Å². The number of benzene rings is 1. The molecule has 1 aromatic carbocycles. The Labute approximate surface area is 87.2 Å². The highest BCUT2D eigenvalue weighted by Crippen LogP contribution is 2.32. The summed E-state index contributed by atoms with van der Waals surface area (Å²) >= 11 is 5.73. The van der Waals surface area contributed by atoms with Crippen molar-refractivity contribution >= 4 is 22.4 Å². The second-order valence-corrected chi connectivity index (χ2v) is 3.23. The zero-order chi connectivity index (χ0) is 11.1. The van der Waals surface area contributed by atoms with E-state index in [0.29, 0.717) is 10.8 Å². The van der Waals surface area contributed by atoms with Crippen LogP contribution in [-0.4, -0.2) is 6.36 Å². The average molecular weight is 237 g/mol. The molecule has 6 heteroatoms. The normalized spacial score (nSPS) is 12.0. The fourth-order valence-corrected chi connectivity index (χ4v) is 1.46. The molecule has 0 unspecified atom stereocenters. The van der Waals surface area contributed by atoms with Gasteiger partial charge in [-0.2, -0.15) is 0 Å². The smallest absolute Gasteiger partial charge is 0.471 e. The zero-order valence-corrected chi connectivity index (χ0v) is 7.89. The average Bonchev–Trinajstić information content (AvgIpc) is 2.48. The van der Waals surface area contributed by atoms with E-state index in [0.717, 1.165) is 6.07 Å². The molecule has 0 aliphatic heterocycles. The third-order valence-electron chi connectivity index (χ3n) is 1.75. The van der Waals surface area contributed by atoms with Crippen LogP contribution in [0.5, 0.6) is 5.75 Å². The van der Waals surface area contributed by atoms with Gasteiger partial charge in [0.1, 0.15) is 5.75 Å². The van der Waals surface area contributed by atoms with E-state index in [-0.39, 0.29) is 10.8 Å². The maximum Gasteiger partial charge on any atom is 0.573 e. The molecule has 0 aliphatic rings. The predicted molar refractivity (Wildman–Crippen MR) is 47.9 cm³/mol. The molecule has 2 rings (SSSR count). The first-order valence-electron chi connectivity index (χ1n) is 3.87. The Morgan fingerprint density at radius 1 is 1.20 bits per heavy atom. The summed E-state index contributed by atoms with van der Waals surface area (Å²) in [6.07, 6.45) is -2.07. The number of hydrogen-bond acceptors (Lipinski definition) is 2. The summed E-state index contributed by atoms with van der Waals surface area (Å²) in [6, 6.07) is 2.30. The van der Waals surface area contributed by atoms with E-state index in [1.807, 2.05) is 0 Å². The molecule has 2 aromatic rings. The van der Waals surface area contributed by atoms with Crippen LogP contribution in [0, 0.1) is 0 Å². The Balaban J connectivity index is 2.45. The summed E-state index contributed by atoms with van der Waals surface area (Å²) in [7, 11) is 0. The minimum absolute atomic E-state index is 0.153. The van der Waals surface area contributed by atoms with Gasteiger partial charge >= 0.3 is 6.36 Å². The highest BCUT2D eigenvalue weighted by molar-refractivity contribution is 6.35. The number of alkyl halides is 3. The monoisotopic (exact) mass is 236 g/mol. The van der Waals surface area contributed by atoms with Gasteiger partial charge in [-0.25, -0.2) is 0 Å². The van der Waals surface area contributed by atoms with Gasteiger partial charge < -0.3 is 9.15 Å².